The van der Waals surface area contributed by atoms with Gasteiger partial charge in [0.05, 0.1) is 10.6 Å². The van der Waals surface area contributed by atoms with Crippen molar-refractivity contribution >= 4 is 23.3 Å². The lowest BCUT2D eigenvalue weighted by Gasteiger charge is -2.01. The van der Waals surface area contributed by atoms with Crippen LogP contribution >= 0.6 is 11.3 Å². The summed E-state index contributed by atoms with van der Waals surface area (Å²) in [7, 11) is 0. The lowest BCUT2D eigenvalue weighted by Crippen LogP contribution is -2.21. The van der Waals surface area contributed by atoms with E-state index in [0.717, 1.165) is 41.2 Å². The van der Waals surface area contributed by atoms with Crippen molar-refractivity contribution in [1.82, 2.24) is 15.1 Å². The van der Waals surface area contributed by atoms with Crippen molar-refractivity contribution in [3.05, 3.63) is 65.7 Å². The molecule has 0 aliphatic rings. The number of benzene rings is 1. The van der Waals surface area contributed by atoms with Crippen LogP contribution in [0.15, 0.2) is 60.1 Å². The Morgan fingerprint density at radius 2 is 2.00 bits per heavy atom. The maximum atomic E-state index is 12.1. The van der Waals surface area contributed by atoms with Crippen molar-refractivity contribution < 1.29 is 4.79 Å². The summed E-state index contributed by atoms with van der Waals surface area (Å²) in [4.78, 5) is 13.2. The van der Waals surface area contributed by atoms with Crippen molar-refractivity contribution in [2.75, 3.05) is 6.54 Å². The molecule has 1 amide bonds. The number of thiophene rings is 1. The van der Waals surface area contributed by atoms with Gasteiger partial charge in [0, 0.05) is 24.4 Å². The van der Waals surface area contributed by atoms with E-state index in [4.69, 9.17) is 5.10 Å². The van der Waals surface area contributed by atoms with E-state index in [1.54, 1.807) is 17.4 Å². The molecule has 1 N–H and O–H groups in total. The molecule has 3 aromatic rings. The van der Waals surface area contributed by atoms with Gasteiger partial charge in [-0.2, -0.15) is 5.10 Å². The maximum Gasteiger partial charge on any atom is 0.244 e. The number of nitrogens with zero attached hydrogens (tertiary/aromatic N) is 2. The molecule has 0 aliphatic heterocycles. The van der Waals surface area contributed by atoms with Gasteiger partial charge < -0.3 is 5.32 Å². The molecule has 2 heterocycles. The van der Waals surface area contributed by atoms with E-state index in [2.05, 4.69) is 12.2 Å². The third-order valence-electron chi connectivity index (χ3n) is 4.26. The van der Waals surface area contributed by atoms with Crippen LogP contribution in [0.3, 0.4) is 0 Å². The van der Waals surface area contributed by atoms with Crippen molar-refractivity contribution in [2.45, 2.75) is 32.6 Å². The van der Waals surface area contributed by atoms with E-state index in [-0.39, 0.29) is 5.91 Å². The first-order chi connectivity index (χ1) is 13.3. The zero-order chi connectivity index (χ0) is 18.9. The molecule has 3 rings (SSSR count). The smallest absolute Gasteiger partial charge is 0.244 e. The number of carbonyl (C=O) groups excluding carboxylic acids is 1. The Balaban J connectivity index is 1.74. The van der Waals surface area contributed by atoms with Crippen LogP contribution in [-0.4, -0.2) is 22.2 Å². The quantitative estimate of drug-likeness (QED) is 0.404. The van der Waals surface area contributed by atoms with Gasteiger partial charge in [-0.05, 0) is 36.1 Å². The Labute approximate surface area is 164 Å². The second kappa shape index (κ2) is 9.88. The lowest BCUT2D eigenvalue weighted by atomic mass is 10.2. The van der Waals surface area contributed by atoms with Crippen LogP contribution in [0.2, 0.25) is 0 Å². The van der Waals surface area contributed by atoms with Gasteiger partial charge in [0.1, 0.15) is 5.69 Å². The van der Waals surface area contributed by atoms with E-state index in [0.29, 0.717) is 0 Å². The van der Waals surface area contributed by atoms with Crippen molar-refractivity contribution in [1.29, 1.82) is 0 Å². The van der Waals surface area contributed by atoms with Gasteiger partial charge in [-0.1, -0.05) is 50.5 Å². The predicted molar refractivity (Wildman–Crippen MR) is 113 cm³/mol. The number of carbonyl (C=O) groups is 1. The molecule has 0 radical (unpaired) electrons. The van der Waals surface area contributed by atoms with Crippen LogP contribution in [0.5, 0.6) is 0 Å². The topological polar surface area (TPSA) is 46.9 Å². The monoisotopic (exact) mass is 379 g/mol. The highest BCUT2D eigenvalue weighted by molar-refractivity contribution is 7.13. The summed E-state index contributed by atoms with van der Waals surface area (Å²) in [6, 6.07) is 14.1. The fraction of sp³-hybridized carbons (Fsp3) is 0.273. The minimum absolute atomic E-state index is 0.0592. The molecule has 1 aromatic carbocycles. The summed E-state index contributed by atoms with van der Waals surface area (Å²) in [5.41, 5.74) is 2.82. The molecule has 2 aromatic heterocycles. The molecule has 0 aliphatic carbocycles. The standard InChI is InChI=1S/C22H25N3OS/c1-2-3-4-8-15-23-21(26)14-13-18-17-25(19-10-6-5-7-11-19)24-22(18)20-12-9-16-27-20/h5-7,9-14,16-17H,2-4,8,15H2,1H3,(H,23,26). The summed E-state index contributed by atoms with van der Waals surface area (Å²) in [5, 5.41) is 9.73. The summed E-state index contributed by atoms with van der Waals surface area (Å²) < 4.78 is 1.86. The molecule has 140 valence electrons. The fourth-order valence-corrected chi connectivity index (χ4v) is 3.55. The minimum Gasteiger partial charge on any atom is -0.353 e. The Bertz CT molecular complexity index is 866. The zero-order valence-electron chi connectivity index (χ0n) is 15.6. The van der Waals surface area contributed by atoms with Crippen LogP contribution in [-0.2, 0) is 4.79 Å². The number of para-hydroxylation sites is 1. The highest BCUT2D eigenvalue weighted by atomic mass is 32.1. The molecule has 0 saturated carbocycles. The first kappa shape index (κ1) is 19.1. The van der Waals surface area contributed by atoms with Crippen LogP contribution in [0, 0.1) is 0 Å². The van der Waals surface area contributed by atoms with E-state index in [9.17, 15) is 4.79 Å². The van der Waals surface area contributed by atoms with Gasteiger partial charge >= 0.3 is 0 Å². The number of nitrogens with one attached hydrogen (secondary N) is 1. The number of amides is 1. The van der Waals surface area contributed by atoms with Gasteiger partial charge in [0.2, 0.25) is 5.91 Å². The molecule has 27 heavy (non-hydrogen) atoms. The molecule has 0 saturated heterocycles. The van der Waals surface area contributed by atoms with E-state index < -0.39 is 0 Å². The van der Waals surface area contributed by atoms with Crippen LogP contribution in [0.1, 0.15) is 38.2 Å². The van der Waals surface area contributed by atoms with Gasteiger partial charge in [0.25, 0.3) is 0 Å². The second-order valence-corrected chi connectivity index (χ2v) is 7.32. The Morgan fingerprint density at radius 3 is 2.74 bits per heavy atom. The maximum absolute atomic E-state index is 12.1. The van der Waals surface area contributed by atoms with Gasteiger partial charge in [-0.3, -0.25) is 4.79 Å². The molecule has 0 atom stereocenters. The third-order valence-corrected chi connectivity index (χ3v) is 5.14. The summed E-state index contributed by atoms with van der Waals surface area (Å²) in [5.74, 6) is -0.0592. The van der Waals surface area contributed by atoms with Crippen LogP contribution in [0.25, 0.3) is 22.3 Å². The zero-order valence-corrected chi connectivity index (χ0v) is 16.4. The fourth-order valence-electron chi connectivity index (χ4n) is 2.81. The highest BCUT2D eigenvalue weighted by Gasteiger charge is 2.11. The number of unbranched alkanes of at least 4 members (excludes halogenated alkanes) is 3. The SMILES string of the molecule is CCCCCCNC(=O)C=Cc1cn(-c2ccccc2)nc1-c1cccs1. The number of hydrogen-bond donors (Lipinski definition) is 1. The van der Waals surface area contributed by atoms with Gasteiger partial charge in [-0.15, -0.1) is 11.3 Å². The van der Waals surface area contributed by atoms with Crippen molar-refractivity contribution in [3.8, 4) is 16.3 Å². The highest BCUT2D eigenvalue weighted by Crippen LogP contribution is 2.28. The first-order valence-corrected chi connectivity index (χ1v) is 10.3. The van der Waals surface area contributed by atoms with E-state index >= 15 is 0 Å². The summed E-state index contributed by atoms with van der Waals surface area (Å²) in [6.45, 7) is 2.91. The average molecular weight is 380 g/mol. The molecule has 0 spiro atoms. The van der Waals surface area contributed by atoms with Gasteiger partial charge in [-0.25, -0.2) is 4.68 Å². The van der Waals surface area contributed by atoms with Crippen molar-refractivity contribution in [3.63, 3.8) is 0 Å². The predicted octanol–water partition coefficient (Wildman–Crippen LogP) is 5.31. The number of hydrogen-bond acceptors (Lipinski definition) is 3. The Kier molecular flexibility index (Phi) is 6.99. The number of aromatic nitrogens is 2. The largest absolute Gasteiger partial charge is 0.353 e. The number of rotatable bonds is 9. The van der Waals surface area contributed by atoms with Gasteiger partial charge in [0.15, 0.2) is 0 Å². The second-order valence-electron chi connectivity index (χ2n) is 6.38. The molecule has 4 nitrogen and oxygen atoms in total. The molecule has 5 heteroatoms. The van der Waals surface area contributed by atoms with Crippen molar-refractivity contribution in [2.24, 2.45) is 0 Å². The summed E-state index contributed by atoms with van der Waals surface area (Å²) >= 11 is 1.64. The molecular weight excluding hydrogens is 354 g/mol. The Hall–Kier alpha value is -2.66. The third kappa shape index (κ3) is 5.41. The molecule has 0 unspecified atom stereocenters. The lowest BCUT2D eigenvalue weighted by molar-refractivity contribution is -0.116. The van der Waals surface area contributed by atoms with Crippen LogP contribution < -0.4 is 5.32 Å². The Morgan fingerprint density at radius 1 is 1.15 bits per heavy atom. The molecular formula is C22H25N3OS. The van der Waals surface area contributed by atoms with Crippen LogP contribution in [0.4, 0.5) is 0 Å². The molecule has 0 fully saturated rings. The normalized spacial score (nSPS) is 11.1. The van der Waals surface area contributed by atoms with E-state index in [1.807, 2.05) is 64.8 Å². The minimum atomic E-state index is -0.0592. The average Bonchev–Trinajstić information content (AvgIpc) is 3.36. The molecule has 0 bridgehead atoms. The summed E-state index contributed by atoms with van der Waals surface area (Å²) in [6.07, 6.45) is 10.0. The first-order valence-electron chi connectivity index (χ1n) is 9.43. The van der Waals surface area contributed by atoms with E-state index in [1.165, 1.54) is 12.8 Å².